The molecule has 2 atom stereocenters. The number of fused-ring (bicyclic) bond motifs is 1. The Hall–Kier alpha value is -2.26. The Balaban J connectivity index is 1.59. The number of thioether (sulfide) groups is 1. The molecule has 4 nitrogen and oxygen atoms in total. The van der Waals surface area contributed by atoms with Crippen LogP contribution in [-0.4, -0.2) is 23.4 Å². The Morgan fingerprint density at radius 2 is 1.93 bits per heavy atom. The number of rotatable bonds is 3. The number of quaternary nitrogens is 1. The normalized spacial score (nSPS) is 22.4. The van der Waals surface area contributed by atoms with Crippen LogP contribution < -0.4 is 4.90 Å². The lowest BCUT2D eigenvalue weighted by atomic mass is 9.86. The van der Waals surface area contributed by atoms with E-state index in [-0.39, 0.29) is 11.8 Å². The van der Waals surface area contributed by atoms with Gasteiger partial charge in [0.25, 0.3) is 0 Å². The van der Waals surface area contributed by atoms with Crippen molar-refractivity contribution < 1.29 is 9.69 Å². The van der Waals surface area contributed by atoms with Gasteiger partial charge in [-0.3, -0.25) is 9.69 Å². The molecular formula is C21H19ClN3OS+. The Morgan fingerprint density at radius 1 is 1.19 bits per heavy atom. The number of nitrogens with zero attached hydrogens (tertiary/aromatic N) is 2. The van der Waals surface area contributed by atoms with E-state index in [1.165, 1.54) is 10.5 Å². The molecule has 1 fully saturated rings. The molecule has 136 valence electrons. The first-order valence-corrected chi connectivity index (χ1v) is 10.2. The van der Waals surface area contributed by atoms with Gasteiger partial charge in [-0.1, -0.05) is 54.1 Å². The number of benzene rings is 2. The van der Waals surface area contributed by atoms with Crippen molar-refractivity contribution in [3.8, 4) is 6.07 Å². The van der Waals surface area contributed by atoms with E-state index in [1.807, 2.05) is 42.5 Å². The molecule has 6 heteroatoms. The van der Waals surface area contributed by atoms with Crippen LogP contribution in [0.2, 0.25) is 5.02 Å². The van der Waals surface area contributed by atoms with Crippen LogP contribution in [0, 0.1) is 11.3 Å². The number of carbonyl (C=O) groups excluding carboxylic acids is 1. The Morgan fingerprint density at radius 3 is 2.63 bits per heavy atom. The van der Waals surface area contributed by atoms with Gasteiger partial charge in [-0.2, -0.15) is 5.26 Å². The molecule has 2 aliphatic rings. The van der Waals surface area contributed by atoms with Crippen molar-refractivity contribution >= 4 is 29.3 Å². The summed E-state index contributed by atoms with van der Waals surface area (Å²) in [5.74, 6) is 0.739. The highest BCUT2D eigenvalue weighted by Crippen LogP contribution is 2.40. The third kappa shape index (κ3) is 3.74. The van der Waals surface area contributed by atoms with Crippen molar-refractivity contribution in [2.24, 2.45) is 0 Å². The third-order valence-electron chi connectivity index (χ3n) is 4.99. The summed E-state index contributed by atoms with van der Waals surface area (Å²) in [6, 6.07) is 20.1. The Kier molecular flexibility index (Phi) is 5.22. The van der Waals surface area contributed by atoms with Gasteiger partial charge in [0, 0.05) is 22.9 Å². The Bertz CT molecular complexity index is 921. The first-order chi connectivity index (χ1) is 13.2. The summed E-state index contributed by atoms with van der Waals surface area (Å²) in [7, 11) is 0. The number of hydrogen-bond donors (Lipinski definition) is 1. The van der Waals surface area contributed by atoms with E-state index >= 15 is 0 Å². The largest absolute Gasteiger partial charge is 0.305 e. The molecule has 0 radical (unpaired) electrons. The van der Waals surface area contributed by atoms with Crippen molar-refractivity contribution in [3.63, 3.8) is 0 Å². The van der Waals surface area contributed by atoms with Gasteiger partial charge in [-0.15, -0.1) is 0 Å². The van der Waals surface area contributed by atoms with E-state index in [2.05, 4.69) is 18.2 Å². The van der Waals surface area contributed by atoms with Crippen LogP contribution in [0.1, 0.15) is 23.5 Å². The number of halogens is 1. The van der Waals surface area contributed by atoms with E-state index in [0.29, 0.717) is 23.7 Å². The van der Waals surface area contributed by atoms with Gasteiger partial charge in [-0.25, -0.2) is 0 Å². The quantitative estimate of drug-likeness (QED) is 0.867. The van der Waals surface area contributed by atoms with E-state index in [9.17, 15) is 10.1 Å². The van der Waals surface area contributed by atoms with Crippen molar-refractivity contribution in [1.29, 1.82) is 5.26 Å². The van der Waals surface area contributed by atoms with Crippen molar-refractivity contribution in [2.45, 2.75) is 18.9 Å². The molecule has 2 aromatic carbocycles. The minimum absolute atomic E-state index is 0.0849. The van der Waals surface area contributed by atoms with Crippen LogP contribution >= 0.6 is 23.4 Å². The number of carbonyl (C=O) groups is 1. The molecule has 1 amide bonds. The van der Waals surface area contributed by atoms with Crippen LogP contribution in [0.25, 0.3) is 0 Å². The molecule has 0 spiro atoms. The number of nitriles is 1. The fourth-order valence-corrected chi connectivity index (χ4v) is 4.97. The first kappa shape index (κ1) is 18.1. The summed E-state index contributed by atoms with van der Waals surface area (Å²) in [5, 5.41) is 11.3. The molecule has 0 aliphatic carbocycles. The van der Waals surface area contributed by atoms with Crippen molar-refractivity contribution in [3.05, 3.63) is 81.3 Å². The smallest absolute Gasteiger partial charge is 0.232 e. The molecule has 1 unspecified atom stereocenters. The van der Waals surface area contributed by atoms with E-state index in [4.69, 9.17) is 11.6 Å². The number of hydrogen-bond acceptors (Lipinski definition) is 3. The topological polar surface area (TPSA) is 48.5 Å². The monoisotopic (exact) mass is 396 g/mol. The molecular weight excluding hydrogens is 378 g/mol. The molecule has 2 heterocycles. The van der Waals surface area contributed by atoms with Gasteiger partial charge >= 0.3 is 0 Å². The van der Waals surface area contributed by atoms with Gasteiger partial charge in [0.1, 0.15) is 17.5 Å². The molecule has 0 aromatic heterocycles. The average Bonchev–Trinajstić information content (AvgIpc) is 2.69. The van der Waals surface area contributed by atoms with Gasteiger partial charge < -0.3 is 4.90 Å². The first-order valence-electron chi connectivity index (χ1n) is 8.86. The van der Waals surface area contributed by atoms with E-state index in [0.717, 1.165) is 23.0 Å². The highest BCUT2D eigenvalue weighted by atomic mass is 35.5. The second-order valence-corrected chi connectivity index (χ2v) is 8.22. The maximum Gasteiger partial charge on any atom is 0.232 e. The van der Waals surface area contributed by atoms with Gasteiger partial charge in [0.2, 0.25) is 5.91 Å². The molecule has 1 N–H and O–H groups in total. The number of nitrogens with one attached hydrogen (secondary N) is 1. The lowest BCUT2D eigenvalue weighted by Crippen LogP contribution is -3.12. The van der Waals surface area contributed by atoms with Gasteiger partial charge in [0.05, 0.1) is 11.6 Å². The zero-order chi connectivity index (χ0) is 18.8. The van der Waals surface area contributed by atoms with Crippen molar-refractivity contribution in [1.82, 2.24) is 4.90 Å². The molecule has 0 bridgehead atoms. The fraction of sp³-hybridized carbons (Fsp3) is 0.238. The lowest BCUT2D eigenvalue weighted by Gasteiger charge is -2.39. The number of allylic oxidation sites excluding steroid dienone is 1. The zero-order valence-corrected chi connectivity index (χ0v) is 16.3. The predicted molar refractivity (Wildman–Crippen MR) is 107 cm³/mol. The minimum Gasteiger partial charge on any atom is -0.305 e. The molecule has 1 saturated heterocycles. The van der Waals surface area contributed by atoms with Gasteiger partial charge in [0.15, 0.2) is 6.67 Å². The molecule has 2 aromatic rings. The molecule has 4 rings (SSSR count). The second kappa shape index (κ2) is 7.77. The van der Waals surface area contributed by atoms with Crippen LogP contribution in [0.3, 0.4) is 0 Å². The standard InChI is InChI=1S/C21H18ClN3OS/c22-17-8-6-16(7-9-17)18-10-20(26)25-13-24(12-15-4-2-1-3-5-15)14-27-21(25)19(18)11-23/h1-9,18H,10,12-14H2/p+1/t18-/m0/s1. The molecule has 2 aliphatic heterocycles. The summed E-state index contributed by atoms with van der Waals surface area (Å²) in [5.41, 5.74) is 2.92. The highest BCUT2D eigenvalue weighted by molar-refractivity contribution is 8.02. The minimum atomic E-state index is -0.186. The summed E-state index contributed by atoms with van der Waals surface area (Å²) in [6.45, 7) is 1.47. The SMILES string of the molecule is N#CC1=C2SC[NH+](Cc3ccccc3)CN2C(=O)C[C@H]1c1ccc(Cl)cc1. The fourth-order valence-electron chi connectivity index (χ4n) is 3.65. The Labute approximate surface area is 168 Å². The summed E-state index contributed by atoms with van der Waals surface area (Å²) in [4.78, 5) is 16.0. The summed E-state index contributed by atoms with van der Waals surface area (Å²) >= 11 is 7.60. The van der Waals surface area contributed by atoms with Crippen LogP contribution in [0.5, 0.6) is 0 Å². The second-order valence-electron chi connectivity index (χ2n) is 6.82. The van der Waals surface area contributed by atoms with Crippen LogP contribution in [-0.2, 0) is 11.3 Å². The molecule has 0 saturated carbocycles. The summed E-state index contributed by atoms with van der Waals surface area (Å²) < 4.78 is 0. The lowest BCUT2D eigenvalue weighted by molar-refractivity contribution is -0.910. The van der Waals surface area contributed by atoms with Gasteiger partial charge in [-0.05, 0) is 29.5 Å². The van der Waals surface area contributed by atoms with E-state index < -0.39 is 0 Å². The van der Waals surface area contributed by atoms with Crippen molar-refractivity contribution in [2.75, 3.05) is 12.5 Å². The molecule has 27 heavy (non-hydrogen) atoms. The van der Waals surface area contributed by atoms with Crippen LogP contribution in [0.15, 0.2) is 65.2 Å². The highest BCUT2D eigenvalue weighted by Gasteiger charge is 2.39. The predicted octanol–water partition coefficient (Wildman–Crippen LogP) is 3.14. The van der Waals surface area contributed by atoms with E-state index in [1.54, 1.807) is 16.7 Å². The third-order valence-corrected chi connectivity index (χ3v) is 6.51. The summed E-state index contributed by atoms with van der Waals surface area (Å²) in [6.07, 6.45) is 0.327. The average molecular weight is 397 g/mol. The maximum atomic E-state index is 12.9. The van der Waals surface area contributed by atoms with Crippen LogP contribution in [0.4, 0.5) is 0 Å². The number of amides is 1. The zero-order valence-electron chi connectivity index (χ0n) is 14.7. The maximum absolute atomic E-state index is 12.9.